The maximum absolute atomic E-state index is 12.7. The van der Waals surface area contributed by atoms with Crippen LogP contribution in [0.15, 0.2) is 51.8 Å². The van der Waals surface area contributed by atoms with Crippen molar-refractivity contribution in [2.24, 2.45) is 0 Å². The first-order valence-corrected chi connectivity index (χ1v) is 10.1. The molecule has 0 spiro atoms. The second-order valence-electron chi connectivity index (χ2n) is 7.49. The molecule has 164 valence electrons. The first-order chi connectivity index (χ1) is 15.2. The Morgan fingerprint density at radius 3 is 2.72 bits per heavy atom. The number of phenolic OH excluding ortho intramolecular Hbond substituents is 1. The van der Waals surface area contributed by atoms with E-state index in [9.17, 15) is 24.6 Å². The number of aromatic amines is 1. The number of rotatable bonds is 6. The highest BCUT2D eigenvalue weighted by Gasteiger charge is 2.24. The lowest BCUT2D eigenvalue weighted by molar-refractivity contribution is -0.141. The highest BCUT2D eigenvalue weighted by Crippen LogP contribution is 2.30. The molecular weight excluding hydrogens is 436 g/mol. The van der Waals surface area contributed by atoms with Crippen molar-refractivity contribution in [3.63, 3.8) is 0 Å². The number of carboxylic acids is 1. The number of para-hydroxylation sites is 1. The molecule has 2 aromatic heterocycles. The number of benzene rings is 2. The quantitative estimate of drug-likeness (QED) is 0.330. The Morgan fingerprint density at radius 1 is 1.22 bits per heavy atom. The summed E-state index contributed by atoms with van der Waals surface area (Å²) in [6, 6.07) is 8.96. The molecule has 4 aromatic rings. The van der Waals surface area contributed by atoms with E-state index in [4.69, 9.17) is 16.0 Å². The van der Waals surface area contributed by atoms with Crippen molar-refractivity contribution in [2.75, 3.05) is 0 Å². The van der Waals surface area contributed by atoms with Gasteiger partial charge in [0.1, 0.15) is 17.4 Å². The maximum Gasteiger partial charge on any atom is 0.340 e. The van der Waals surface area contributed by atoms with E-state index in [-0.39, 0.29) is 34.8 Å². The number of aryl methyl sites for hydroxylation is 1. The molecule has 2 heterocycles. The second kappa shape index (κ2) is 8.39. The van der Waals surface area contributed by atoms with Crippen molar-refractivity contribution in [2.45, 2.75) is 25.8 Å². The van der Waals surface area contributed by atoms with E-state index in [2.05, 4.69) is 10.3 Å². The van der Waals surface area contributed by atoms with Crippen LogP contribution in [0.5, 0.6) is 5.75 Å². The minimum atomic E-state index is -1.19. The highest BCUT2D eigenvalue weighted by atomic mass is 35.5. The van der Waals surface area contributed by atoms with Crippen LogP contribution in [0, 0.1) is 6.92 Å². The number of hydrogen-bond acceptors (Lipinski definition) is 5. The van der Waals surface area contributed by atoms with Gasteiger partial charge in [-0.15, -0.1) is 0 Å². The predicted molar refractivity (Wildman–Crippen MR) is 119 cm³/mol. The zero-order chi connectivity index (χ0) is 23.0. The minimum absolute atomic E-state index is 0.0747. The van der Waals surface area contributed by atoms with E-state index >= 15 is 0 Å². The number of carboxylic acid groups (broad SMARTS) is 1. The zero-order valence-electron chi connectivity index (χ0n) is 16.9. The molecule has 0 unspecified atom stereocenters. The molecule has 2 aromatic carbocycles. The summed E-state index contributed by atoms with van der Waals surface area (Å²) < 4.78 is 5.22. The van der Waals surface area contributed by atoms with Crippen LogP contribution >= 0.6 is 11.6 Å². The lowest BCUT2D eigenvalue weighted by atomic mass is 10.0. The fourth-order valence-electron chi connectivity index (χ4n) is 3.73. The van der Waals surface area contributed by atoms with Gasteiger partial charge in [-0.3, -0.25) is 4.79 Å². The molecule has 0 fully saturated rings. The van der Waals surface area contributed by atoms with Gasteiger partial charge in [0.2, 0.25) is 5.91 Å². The van der Waals surface area contributed by atoms with Gasteiger partial charge in [0.15, 0.2) is 0 Å². The number of aromatic nitrogens is 1. The lowest BCUT2D eigenvalue weighted by Gasteiger charge is -2.15. The number of phenols is 1. The summed E-state index contributed by atoms with van der Waals surface area (Å²) >= 11 is 5.95. The Labute approximate surface area is 186 Å². The standard InChI is InChI=1S/C23H19ClN2O6/c1-11-14-7-16(24)19(27)9-20(14)32-23(31)15(11)8-21(28)26-18(22(29)30)6-12-10-25-17-5-3-2-4-13(12)17/h2-5,7,9-10,18,25,27H,6,8H2,1H3,(H,26,28)(H,29,30)/t18-/m1/s1. The van der Waals surface area contributed by atoms with Crippen LogP contribution in [-0.4, -0.2) is 33.1 Å². The van der Waals surface area contributed by atoms with Crippen LogP contribution in [-0.2, 0) is 22.4 Å². The van der Waals surface area contributed by atoms with E-state index in [0.29, 0.717) is 10.9 Å². The molecule has 0 saturated carbocycles. The van der Waals surface area contributed by atoms with Gasteiger partial charge in [0, 0.05) is 35.0 Å². The van der Waals surface area contributed by atoms with Crippen LogP contribution in [0.3, 0.4) is 0 Å². The van der Waals surface area contributed by atoms with Gasteiger partial charge in [-0.25, -0.2) is 9.59 Å². The van der Waals surface area contributed by atoms with E-state index in [1.54, 1.807) is 13.1 Å². The van der Waals surface area contributed by atoms with Gasteiger partial charge in [0.25, 0.3) is 0 Å². The number of amides is 1. The molecule has 4 rings (SSSR count). The minimum Gasteiger partial charge on any atom is -0.506 e. The average molecular weight is 455 g/mol. The first kappa shape index (κ1) is 21.5. The van der Waals surface area contributed by atoms with E-state index in [1.165, 1.54) is 12.1 Å². The molecule has 0 aliphatic heterocycles. The summed E-state index contributed by atoms with van der Waals surface area (Å²) in [6.07, 6.45) is 1.43. The van der Waals surface area contributed by atoms with Crippen molar-refractivity contribution >= 4 is 45.3 Å². The number of carbonyl (C=O) groups excluding carboxylic acids is 1. The fraction of sp³-hybridized carbons (Fsp3) is 0.174. The van der Waals surface area contributed by atoms with Crippen LogP contribution < -0.4 is 10.9 Å². The molecule has 1 atom stereocenters. The van der Waals surface area contributed by atoms with Gasteiger partial charge >= 0.3 is 11.6 Å². The summed E-state index contributed by atoms with van der Waals surface area (Å²) in [5, 5.41) is 23.3. The van der Waals surface area contributed by atoms with Crippen LogP contribution in [0.4, 0.5) is 0 Å². The smallest absolute Gasteiger partial charge is 0.340 e. The highest BCUT2D eigenvalue weighted by molar-refractivity contribution is 6.32. The number of hydrogen-bond donors (Lipinski definition) is 4. The summed E-state index contributed by atoms with van der Waals surface area (Å²) in [4.78, 5) is 39.9. The second-order valence-corrected chi connectivity index (χ2v) is 7.90. The molecule has 32 heavy (non-hydrogen) atoms. The number of carbonyl (C=O) groups is 2. The molecule has 9 heteroatoms. The predicted octanol–water partition coefficient (Wildman–Crippen LogP) is 3.30. The van der Waals surface area contributed by atoms with Crippen molar-refractivity contribution in [3.05, 3.63) is 74.7 Å². The summed E-state index contributed by atoms with van der Waals surface area (Å²) in [6.45, 7) is 1.63. The summed E-state index contributed by atoms with van der Waals surface area (Å²) in [5.41, 5.74) is 1.58. The zero-order valence-corrected chi connectivity index (χ0v) is 17.7. The normalized spacial score (nSPS) is 12.2. The topological polar surface area (TPSA) is 133 Å². The Bertz CT molecular complexity index is 1420. The molecule has 4 N–H and O–H groups in total. The summed E-state index contributed by atoms with van der Waals surface area (Å²) in [5.74, 6) is -2.04. The number of nitrogens with one attached hydrogen (secondary N) is 2. The third-order valence-corrected chi connectivity index (χ3v) is 5.73. The van der Waals surface area contributed by atoms with Gasteiger partial charge in [0.05, 0.1) is 17.0 Å². The van der Waals surface area contributed by atoms with E-state index < -0.39 is 23.5 Å². The van der Waals surface area contributed by atoms with Crippen LogP contribution in [0.25, 0.3) is 21.9 Å². The molecule has 0 aliphatic carbocycles. The Hall–Kier alpha value is -3.78. The Morgan fingerprint density at radius 2 is 1.97 bits per heavy atom. The number of aromatic hydroxyl groups is 1. The maximum atomic E-state index is 12.7. The molecular formula is C23H19ClN2O6. The SMILES string of the molecule is Cc1c(CC(=O)N[C@H](Cc2c[nH]c3ccccc23)C(=O)O)c(=O)oc2cc(O)c(Cl)cc12. The average Bonchev–Trinajstić information content (AvgIpc) is 3.15. The van der Waals surface area contributed by atoms with Crippen molar-refractivity contribution in [3.8, 4) is 5.75 Å². The molecule has 0 radical (unpaired) electrons. The number of fused-ring (bicyclic) bond motifs is 2. The molecule has 0 aliphatic rings. The van der Waals surface area contributed by atoms with Crippen molar-refractivity contribution in [1.29, 1.82) is 0 Å². The molecule has 0 bridgehead atoms. The molecule has 0 saturated heterocycles. The molecule has 8 nitrogen and oxygen atoms in total. The van der Waals surface area contributed by atoms with E-state index in [1.807, 2.05) is 24.3 Å². The lowest BCUT2D eigenvalue weighted by Crippen LogP contribution is -2.43. The third-order valence-electron chi connectivity index (χ3n) is 5.42. The summed E-state index contributed by atoms with van der Waals surface area (Å²) in [7, 11) is 0. The number of H-pyrrole nitrogens is 1. The van der Waals surface area contributed by atoms with Crippen LogP contribution in [0.2, 0.25) is 5.02 Å². The third kappa shape index (κ3) is 4.04. The van der Waals surface area contributed by atoms with Gasteiger partial charge < -0.3 is 24.9 Å². The van der Waals surface area contributed by atoms with Gasteiger partial charge in [-0.05, 0) is 30.2 Å². The van der Waals surface area contributed by atoms with Crippen LogP contribution in [0.1, 0.15) is 16.7 Å². The largest absolute Gasteiger partial charge is 0.506 e. The van der Waals surface area contributed by atoms with Gasteiger partial charge in [-0.1, -0.05) is 29.8 Å². The Balaban J connectivity index is 1.57. The van der Waals surface area contributed by atoms with Crippen molar-refractivity contribution < 1.29 is 24.2 Å². The van der Waals surface area contributed by atoms with E-state index in [0.717, 1.165) is 16.5 Å². The first-order valence-electron chi connectivity index (χ1n) is 9.76. The van der Waals surface area contributed by atoms with Crippen molar-refractivity contribution in [1.82, 2.24) is 10.3 Å². The van der Waals surface area contributed by atoms with Gasteiger partial charge in [-0.2, -0.15) is 0 Å². The monoisotopic (exact) mass is 454 g/mol. The number of aliphatic carboxylic acids is 1. The molecule has 1 amide bonds. The Kier molecular flexibility index (Phi) is 5.63. The fourth-order valence-corrected chi connectivity index (χ4v) is 3.89. The number of halogens is 1.